The van der Waals surface area contributed by atoms with Gasteiger partial charge < -0.3 is 20.7 Å². The Balaban J connectivity index is 1.57. The molecule has 2 aromatic rings. The number of piperidine rings is 1. The molecule has 28 heavy (non-hydrogen) atoms. The van der Waals surface area contributed by atoms with Crippen molar-refractivity contribution in [1.29, 1.82) is 0 Å². The number of carbonyl (C=O) groups excluding carboxylic acids is 2. The minimum Gasteiger partial charge on any atom is -0.475 e. The number of nitrogens with one attached hydrogen (secondary N) is 1. The average Bonchev–Trinajstić information content (AvgIpc) is 2.69. The van der Waals surface area contributed by atoms with Crippen LogP contribution in [0.2, 0.25) is 0 Å². The number of rotatable bonds is 6. The van der Waals surface area contributed by atoms with E-state index in [1.807, 2.05) is 38.1 Å². The predicted octanol–water partition coefficient (Wildman–Crippen LogP) is 2.82. The van der Waals surface area contributed by atoms with Crippen molar-refractivity contribution in [2.24, 2.45) is 11.7 Å². The van der Waals surface area contributed by atoms with Crippen molar-refractivity contribution in [1.82, 2.24) is 4.98 Å². The van der Waals surface area contributed by atoms with Crippen molar-refractivity contribution < 1.29 is 14.3 Å². The van der Waals surface area contributed by atoms with Crippen LogP contribution in [0.5, 0.6) is 5.88 Å². The monoisotopic (exact) mass is 382 g/mol. The van der Waals surface area contributed by atoms with Crippen LogP contribution in [0.4, 0.5) is 11.4 Å². The summed E-state index contributed by atoms with van der Waals surface area (Å²) in [7, 11) is 0. The van der Waals surface area contributed by atoms with E-state index in [1.165, 1.54) is 6.20 Å². The van der Waals surface area contributed by atoms with Crippen LogP contribution in [0.1, 0.15) is 37.0 Å². The van der Waals surface area contributed by atoms with E-state index in [2.05, 4.69) is 15.2 Å². The summed E-state index contributed by atoms with van der Waals surface area (Å²) < 4.78 is 5.48. The highest BCUT2D eigenvalue weighted by atomic mass is 16.5. The van der Waals surface area contributed by atoms with Gasteiger partial charge in [-0.1, -0.05) is 0 Å². The molecule has 0 atom stereocenters. The van der Waals surface area contributed by atoms with Crippen molar-refractivity contribution in [2.75, 3.05) is 23.3 Å². The molecule has 1 aromatic heterocycles. The van der Waals surface area contributed by atoms with E-state index in [1.54, 1.807) is 12.1 Å². The number of carbonyl (C=O) groups is 2. The number of anilines is 2. The first-order valence-corrected chi connectivity index (χ1v) is 9.51. The number of pyridine rings is 1. The van der Waals surface area contributed by atoms with E-state index in [0.29, 0.717) is 17.1 Å². The molecule has 148 valence electrons. The number of nitrogens with zero attached hydrogens (tertiary/aromatic N) is 2. The normalized spacial score (nSPS) is 14.8. The fourth-order valence-electron chi connectivity index (χ4n) is 3.21. The standard InChI is InChI=1S/C21H26N4O3/c1-14(2)28-19-8-3-16(13-23-19)21(27)24-17-4-6-18(7-5-17)25-11-9-15(10-12-25)20(22)26/h3-8,13-15H,9-12H2,1-2H3,(H2,22,26)(H,24,27). The first-order chi connectivity index (χ1) is 13.4. The molecule has 0 spiro atoms. The first kappa shape index (κ1) is 19.7. The second-order valence-corrected chi connectivity index (χ2v) is 7.22. The molecule has 3 N–H and O–H groups in total. The number of hydrogen-bond acceptors (Lipinski definition) is 5. The van der Waals surface area contributed by atoms with Crippen LogP contribution in [0.25, 0.3) is 0 Å². The minimum atomic E-state index is -0.224. The predicted molar refractivity (Wildman–Crippen MR) is 109 cm³/mol. The third kappa shape index (κ3) is 5.00. The van der Waals surface area contributed by atoms with E-state index in [4.69, 9.17) is 10.5 Å². The van der Waals surface area contributed by atoms with Gasteiger partial charge in [-0.3, -0.25) is 9.59 Å². The zero-order chi connectivity index (χ0) is 20.1. The van der Waals surface area contributed by atoms with Crippen LogP contribution in [0.3, 0.4) is 0 Å². The number of hydrogen-bond donors (Lipinski definition) is 2. The highest BCUT2D eigenvalue weighted by Crippen LogP contribution is 2.24. The van der Waals surface area contributed by atoms with Crippen LogP contribution in [0.15, 0.2) is 42.6 Å². The summed E-state index contributed by atoms with van der Waals surface area (Å²) >= 11 is 0. The zero-order valence-electron chi connectivity index (χ0n) is 16.2. The highest BCUT2D eigenvalue weighted by molar-refractivity contribution is 6.04. The third-order valence-electron chi connectivity index (χ3n) is 4.74. The van der Waals surface area contributed by atoms with Gasteiger partial charge in [-0.15, -0.1) is 0 Å². The van der Waals surface area contributed by atoms with Gasteiger partial charge in [-0.25, -0.2) is 4.98 Å². The number of benzene rings is 1. The molecule has 2 heterocycles. The minimum absolute atomic E-state index is 0.0271. The maximum Gasteiger partial charge on any atom is 0.257 e. The van der Waals surface area contributed by atoms with E-state index < -0.39 is 0 Å². The number of nitrogens with two attached hydrogens (primary N) is 1. The largest absolute Gasteiger partial charge is 0.475 e. The van der Waals surface area contributed by atoms with Crippen LogP contribution in [-0.4, -0.2) is 36.0 Å². The quantitative estimate of drug-likeness (QED) is 0.801. The average molecular weight is 382 g/mol. The summed E-state index contributed by atoms with van der Waals surface area (Å²) in [4.78, 5) is 30.0. The smallest absolute Gasteiger partial charge is 0.257 e. The van der Waals surface area contributed by atoms with Crippen molar-refractivity contribution in [3.8, 4) is 5.88 Å². The van der Waals surface area contributed by atoms with Gasteiger partial charge in [0.2, 0.25) is 11.8 Å². The maximum absolute atomic E-state index is 12.4. The van der Waals surface area contributed by atoms with Gasteiger partial charge in [0.25, 0.3) is 5.91 Å². The third-order valence-corrected chi connectivity index (χ3v) is 4.74. The van der Waals surface area contributed by atoms with Gasteiger partial charge in [0.05, 0.1) is 11.7 Å². The van der Waals surface area contributed by atoms with E-state index in [0.717, 1.165) is 31.6 Å². The maximum atomic E-state index is 12.4. The lowest BCUT2D eigenvalue weighted by atomic mass is 9.96. The molecule has 7 nitrogen and oxygen atoms in total. The van der Waals surface area contributed by atoms with Crippen molar-refractivity contribution in [3.05, 3.63) is 48.2 Å². The van der Waals surface area contributed by atoms with E-state index in [9.17, 15) is 9.59 Å². The first-order valence-electron chi connectivity index (χ1n) is 9.51. The second-order valence-electron chi connectivity index (χ2n) is 7.22. The molecule has 1 aliphatic rings. The Bertz CT molecular complexity index is 811. The Morgan fingerprint density at radius 2 is 1.82 bits per heavy atom. The van der Waals surface area contributed by atoms with Crippen LogP contribution in [-0.2, 0) is 4.79 Å². The Hall–Kier alpha value is -3.09. The molecule has 1 fully saturated rings. The number of amides is 2. The Kier molecular flexibility index (Phi) is 6.13. The molecule has 0 saturated carbocycles. The van der Waals surface area contributed by atoms with E-state index in [-0.39, 0.29) is 23.8 Å². The molecule has 1 saturated heterocycles. The van der Waals surface area contributed by atoms with Gasteiger partial charge >= 0.3 is 0 Å². The number of aromatic nitrogens is 1. The van der Waals surface area contributed by atoms with Gasteiger partial charge in [-0.2, -0.15) is 0 Å². The molecule has 2 amide bonds. The number of ether oxygens (including phenoxy) is 1. The van der Waals surface area contributed by atoms with Crippen LogP contribution in [0, 0.1) is 5.92 Å². The molecule has 0 bridgehead atoms. The number of primary amides is 1. The molecule has 0 radical (unpaired) electrons. The van der Waals surface area contributed by atoms with Crippen LogP contribution < -0.4 is 20.7 Å². The summed E-state index contributed by atoms with van der Waals surface area (Å²) in [5.41, 5.74) is 7.63. The van der Waals surface area contributed by atoms with E-state index >= 15 is 0 Å². The Labute approximate surface area is 164 Å². The molecule has 1 aromatic carbocycles. The van der Waals surface area contributed by atoms with Crippen molar-refractivity contribution >= 4 is 23.2 Å². The lowest BCUT2D eigenvalue weighted by Gasteiger charge is -2.32. The fourth-order valence-corrected chi connectivity index (χ4v) is 3.21. The Morgan fingerprint density at radius 3 is 2.36 bits per heavy atom. The van der Waals surface area contributed by atoms with Crippen LogP contribution >= 0.6 is 0 Å². The lowest BCUT2D eigenvalue weighted by Crippen LogP contribution is -2.38. The van der Waals surface area contributed by atoms with Gasteiger partial charge in [0.15, 0.2) is 0 Å². The van der Waals surface area contributed by atoms with Crippen molar-refractivity contribution in [2.45, 2.75) is 32.8 Å². The zero-order valence-corrected chi connectivity index (χ0v) is 16.2. The molecule has 1 aliphatic heterocycles. The van der Waals surface area contributed by atoms with Gasteiger partial charge in [-0.05, 0) is 57.0 Å². The lowest BCUT2D eigenvalue weighted by molar-refractivity contribution is -0.122. The second kappa shape index (κ2) is 8.73. The topological polar surface area (TPSA) is 97.5 Å². The summed E-state index contributed by atoms with van der Waals surface area (Å²) in [5.74, 6) is 0.0337. The SMILES string of the molecule is CC(C)Oc1ccc(C(=O)Nc2ccc(N3CCC(C(N)=O)CC3)cc2)cn1. The summed E-state index contributed by atoms with van der Waals surface area (Å²) in [6, 6.07) is 11.1. The summed E-state index contributed by atoms with van der Waals surface area (Å²) in [5, 5.41) is 2.87. The Morgan fingerprint density at radius 1 is 1.14 bits per heavy atom. The summed E-state index contributed by atoms with van der Waals surface area (Å²) in [6.07, 6.45) is 3.09. The van der Waals surface area contributed by atoms with Crippen molar-refractivity contribution in [3.63, 3.8) is 0 Å². The fraction of sp³-hybridized carbons (Fsp3) is 0.381. The van der Waals surface area contributed by atoms with Gasteiger partial charge in [0, 0.05) is 42.6 Å². The molecular formula is C21H26N4O3. The molecule has 0 unspecified atom stereocenters. The summed E-state index contributed by atoms with van der Waals surface area (Å²) in [6.45, 7) is 5.45. The highest BCUT2D eigenvalue weighted by Gasteiger charge is 2.23. The molecule has 0 aliphatic carbocycles. The molecule has 7 heteroatoms. The van der Waals surface area contributed by atoms with Gasteiger partial charge in [0.1, 0.15) is 0 Å². The molecule has 3 rings (SSSR count). The molecular weight excluding hydrogens is 356 g/mol.